The van der Waals surface area contributed by atoms with Crippen LogP contribution in [0.2, 0.25) is 0 Å². The van der Waals surface area contributed by atoms with Crippen molar-refractivity contribution < 1.29 is 9.53 Å². The Kier molecular flexibility index (Phi) is 6.19. The van der Waals surface area contributed by atoms with E-state index in [2.05, 4.69) is 28.1 Å². The summed E-state index contributed by atoms with van der Waals surface area (Å²) in [7, 11) is 1.71. The first-order valence-electron chi connectivity index (χ1n) is 9.57. The van der Waals surface area contributed by atoms with E-state index in [1.807, 2.05) is 18.2 Å². The van der Waals surface area contributed by atoms with Gasteiger partial charge in [-0.25, -0.2) is 0 Å². The summed E-state index contributed by atoms with van der Waals surface area (Å²) in [6.07, 6.45) is 4.92. The largest absolute Gasteiger partial charge is 0.495 e. The first-order chi connectivity index (χ1) is 12.2. The zero-order chi connectivity index (χ0) is 17.6. The van der Waals surface area contributed by atoms with E-state index < -0.39 is 0 Å². The minimum absolute atomic E-state index is 0.185. The fraction of sp³-hybridized carbons (Fsp3) is 0.650. The molecule has 0 spiro atoms. The second kappa shape index (κ2) is 8.56. The molecule has 1 N–H and O–H groups in total. The number of nitrogens with one attached hydrogen (secondary N) is 1. The van der Waals surface area contributed by atoms with Crippen LogP contribution >= 0.6 is 0 Å². The van der Waals surface area contributed by atoms with Gasteiger partial charge in [0.25, 0.3) is 0 Å². The Morgan fingerprint density at radius 3 is 2.60 bits per heavy atom. The number of benzene rings is 1. The van der Waals surface area contributed by atoms with Crippen LogP contribution in [0.1, 0.15) is 32.6 Å². The van der Waals surface area contributed by atoms with E-state index in [1.54, 1.807) is 7.11 Å². The topological polar surface area (TPSA) is 44.8 Å². The van der Waals surface area contributed by atoms with Crippen molar-refractivity contribution in [3.05, 3.63) is 24.3 Å². The summed E-state index contributed by atoms with van der Waals surface area (Å²) < 4.78 is 5.47. The summed E-state index contributed by atoms with van der Waals surface area (Å²) in [5, 5.41) is 3.26. The van der Waals surface area contributed by atoms with Gasteiger partial charge in [-0.2, -0.15) is 0 Å². The average molecular weight is 345 g/mol. The molecule has 1 saturated carbocycles. The highest BCUT2D eigenvalue weighted by molar-refractivity contribution is 5.78. The number of para-hydroxylation sites is 2. The lowest BCUT2D eigenvalue weighted by Crippen LogP contribution is -2.51. The predicted molar refractivity (Wildman–Crippen MR) is 101 cm³/mol. The van der Waals surface area contributed by atoms with E-state index in [0.717, 1.165) is 44.0 Å². The molecule has 2 aliphatic rings. The SMILES string of the molecule is COc1ccccc1N1CCN(CC(=O)N[C@H]2CCCC[C@@H]2C)CC1. The van der Waals surface area contributed by atoms with E-state index in [-0.39, 0.29) is 5.91 Å². The molecule has 138 valence electrons. The lowest BCUT2D eigenvalue weighted by Gasteiger charge is -2.37. The van der Waals surface area contributed by atoms with E-state index in [1.165, 1.54) is 19.3 Å². The van der Waals surface area contributed by atoms with E-state index in [4.69, 9.17) is 4.74 Å². The van der Waals surface area contributed by atoms with Crippen molar-refractivity contribution >= 4 is 11.6 Å². The molecule has 1 aromatic rings. The van der Waals surface area contributed by atoms with Crippen LogP contribution in [0.15, 0.2) is 24.3 Å². The minimum Gasteiger partial charge on any atom is -0.495 e. The van der Waals surface area contributed by atoms with Crippen LogP contribution in [0.3, 0.4) is 0 Å². The third-order valence-corrected chi connectivity index (χ3v) is 5.62. The Bertz CT molecular complexity index is 570. The zero-order valence-corrected chi connectivity index (χ0v) is 15.5. The minimum atomic E-state index is 0.185. The Hall–Kier alpha value is -1.75. The molecule has 5 heteroatoms. The van der Waals surface area contributed by atoms with Crippen LogP contribution in [-0.2, 0) is 4.79 Å². The molecule has 0 bridgehead atoms. The lowest BCUT2D eigenvalue weighted by molar-refractivity contribution is -0.123. The van der Waals surface area contributed by atoms with Crippen LogP contribution < -0.4 is 15.0 Å². The van der Waals surface area contributed by atoms with Crippen molar-refractivity contribution in [1.29, 1.82) is 0 Å². The number of carbonyl (C=O) groups excluding carboxylic acids is 1. The highest BCUT2D eigenvalue weighted by Crippen LogP contribution is 2.28. The Labute approximate surface area is 151 Å². The van der Waals surface area contributed by atoms with Gasteiger partial charge in [-0.3, -0.25) is 9.69 Å². The van der Waals surface area contributed by atoms with Crippen LogP contribution in [0.25, 0.3) is 0 Å². The van der Waals surface area contributed by atoms with Crippen LogP contribution in [0, 0.1) is 5.92 Å². The van der Waals surface area contributed by atoms with E-state index in [0.29, 0.717) is 18.5 Å². The Balaban J connectivity index is 1.46. The summed E-state index contributed by atoms with van der Waals surface area (Å²) in [6, 6.07) is 8.51. The molecule has 0 radical (unpaired) electrons. The fourth-order valence-corrected chi connectivity index (χ4v) is 4.02. The Morgan fingerprint density at radius 1 is 1.16 bits per heavy atom. The third kappa shape index (κ3) is 4.66. The highest BCUT2D eigenvalue weighted by atomic mass is 16.5. The van der Waals surface area contributed by atoms with Gasteiger partial charge in [0, 0.05) is 32.2 Å². The molecule has 1 saturated heterocycles. The van der Waals surface area contributed by atoms with Gasteiger partial charge in [0.2, 0.25) is 5.91 Å². The molecule has 0 unspecified atom stereocenters. The van der Waals surface area contributed by atoms with Crippen LogP contribution in [0.5, 0.6) is 5.75 Å². The van der Waals surface area contributed by atoms with Gasteiger partial charge in [-0.05, 0) is 30.9 Å². The monoisotopic (exact) mass is 345 g/mol. The van der Waals surface area contributed by atoms with Gasteiger partial charge in [0.1, 0.15) is 5.75 Å². The van der Waals surface area contributed by atoms with Crippen molar-refractivity contribution in [1.82, 2.24) is 10.2 Å². The van der Waals surface area contributed by atoms with Crippen LogP contribution in [-0.4, -0.2) is 56.7 Å². The van der Waals surface area contributed by atoms with Gasteiger partial charge in [-0.15, -0.1) is 0 Å². The summed E-state index contributed by atoms with van der Waals surface area (Å²) in [6.45, 7) is 6.44. The standard InChI is InChI=1S/C20H31N3O2/c1-16-7-3-4-8-17(16)21-20(24)15-22-11-13-23(14-12-22)18-9-5-6-10-19(18)25-2/h5-6,9-10,16-17H,3-4,7-8,11-15H2,1-2H3,(H,21,24)/t16-,17-/m0/s1. The third-order valence-electron chi connectivity index (χ3n) is 5.62. The molecule has 0 aromatic heterocycles. The molecular weight excluding hydrogens is 314 g/mol. The van der Waals surface area contributed by atoms with Crippen molar-refractivity contribution in [3.8, 4) is 5.75 Å². The van der Waals surface area contributed by atoms with Gasteiger partial charge >= 0.3 is 0 Å². The van der Waals surface area contributed by atoms with E-state index in [9.17, 15) is 4.79 Å². The number of rotatable bonds is 5. The number of methoxy groups -OCH3 is 1. The lowest BCUT2D eigenvalue weighted by atomic mass is 9.86. The maximum atomic E-state index is 12.4. The predicted octanol–water partition coefficient (Wildman–Crippen LogP) is 2.51. The summed E-state index contributed by atoms with van der Waals surface area (Å²) in [5.41, 5.74) is 1.14. The number of hydrogen-bond acceptors (Lipinski definition) is 4. The molecular formula is C20H31N3O2. The quantitative estimate of drug-likeness (QED) is 0.891. The molecule has 1 aliphatic carbocycles. The van der Waals surface area contributed by atoms with Gasteiger partial charge < -0.3 is 15.0 Å². The van der Waals surface area contributed by atoms with Crippen molar-refractivity contribution in [2.24, 2.45) is 5.92 Å². The molecule has 1 amide bonds. The van der Waals surface area contributed by atoms with Gasteiger partial charge in [0.05, 0.1) is 19.3 Å². The first kappa shape index (κ1) is 18.1. The molecule has 3 rings (SSSR count). The normalized spacial score (nSPS) is 24.8. The number of nitrogens with zero attached hydrogens (tertiary/aromatic N) is 2. The summed E-state index contributed by atoms with van der Waals surface area (Å²) in [4.78, 5) is 17.0. The van der Waals surface area contributed by atoms with Crippen molar-refractivity contribution in [2.45, 2.75) is 38.6 Å². The molecule has 2 fully saturated rings. The Morgan fingerprint density at radius 2 is 1.88 bits per heavy atom. The number of piperazine rings is 1. The number of carbonyl (C=O) groups is 1. The van der Waals surface area contributed by atoms with Crippen molar-refractivity contribution in [3.63, 3.8) is 0 Å². The number of amides is 1. The zero-order valence-electron chi connectivity index (χ0n) is 15.5. The smallest absolute Gasteiger partial charge is 0.234 e. The van der Waals surface area contributed by atoms with E-state index >= 15 is 0 Å². The second-order valence-corrected chi connectivity index (χ2v) is 7.37. The van der Waals surface area contributed by atoms with Gasteiger partial charge in [-0.1, -0.05) is 31.9 Å². The van der Waals surface area contributed by atoms with Gasteiger partial charge in [0.15, 0.2) is 0 Å². The highest BCUT2D eigenvalue weighted by Gasteiger charge is 2.25. The fourth-order valence-electron chi connectivity index (χ4n) is 4.02. The number of anilines is 1. The number of ether oxygens (including phenoxy) is 1. The molecule has 1 aromatic carbocycles. The first-order valence-corrected chi connectivity index (χ1v) is 9.57. The number of hydrogen-bond donors (Lipinski definition) is 1. The van der Waals surface area contributed by atoms with Crippen LogP contribution in [0.4, 0.5) is 5.69 Å². The maximum absolute atomic E-state index is 12.4. The summed E-state index contributed by atoms with van der Waals surface area (Å²) >= 11 is 0. The molecule has 25 heavy (non-hydrogen) atoms. The molecule has 1 heterocycles. The van der Waals surface area contributed by atoms with Crippen molar-refractivity contribution in [2.75, 3.05) is 44.7 Å². The maximum Gasteiger partial charge on any atom is 0.234 e. The molecule has 5 nitrogen and oxygen atoms in total. The summed E-state index contributed by atoms with van der Waals surface area (Å²) in [5.74, 6) is 1.71. The average Bonchev–Trinajstić information content (AvgIpc) is 2.64. The molecule has 1 aliphatic heterocycles. The molecule has 2 atom stereocenters. The second-order valence-electron chi connectivity index (χ2n) is 7.37.